The Morgan fingerprint density at radius 2 is 1.44 bits per heavy atom. The zero-order chi connectivity index (χ0) is 13.3. The molecule has 0 amide bonds. The van der Waals surface area contributed by atoms with Gasteiger partial charge in [0.2, 0.25) is 0 Å². The lowest BCUT2D eigenvalue weighted by Crippen LogP contribution is -2.48. The monoisotopic (exact) mass is 268 g/mol. The fourth-order valence-electron chi connectivity index (χ4n) is 1.60. The van der Waals surface area contributed by atoms with Gasteiger partial charge in [-0.1, -0.05) is 24.3 Å². The van der Waals surface area contributed by atoms with Gasteiger partial charge in [0, 0.05) is 16.8 Å². The summed E-state index contributed by atoms with van der Waals surface area (Å²) in [4.78, 5) is 27.2. The predicted molar refractivity (Wildman–Crippen MR) is 63.8 cm³/mol. The molecule has 94 valence electrons. The molecule has 0 saturated heterocycles. The van der Waals surface area contributed by atoms with Crippen molar-refractivity contribution in [3.63, 3.8) is 0 Å². The van der Waals surface area contributed by atoms with Gasteiger partial charge in [-0.15, -0.1) is 0 Å². The second-order valence-electron chi connectivity index (χ2n) is 3.84. The summed E-state index contributed by atoms with van der Waals surface area (Å²) < 4.78 is 26.2. The molecule has 0 spiro atoms. The first-order chi connectivity index (χ1) is 8.38. The quantitative estimate of drug-likeness (QED) is 0.705. The molecule has 2 aromatic rings. The lowest BCUT2D eigenvalue weighted by molar-refractivity contribution is 0.250. The number of hydrogen-bond acceptors (Lipinski definition) is 3. The zero-order valence-corrected chi connectivity index (χ0v) is 10.1. The highest BCUT2D eigenvalue weighted by Crippen LogP contribution is 2.22. The maximum atomic E-state index is 13.5. The summed E-state index contributed by atoms with van der Waals surface area (Å²) in [5.41, 5.74) is 0.651. The Hall–Kier alpha value is -1.60. The van der Waals surface area contributed by atoms with Crippen LogP contribution in [0.4, 0.5) is 8.78 Å². The van der Waals surface area contributed by atoms with E-state index in [-0.39, 0.29) is 10.8 Å². The van der Waals surface area contributed by atoms with Crippen LogP contribution in [0.2, 0.25) is 0 Å². The highest BCUT2D eigenvalue weighted by Gasteiger charge is 2.29. The summed E-state index contributed by atoms with van der Waals surface area (Å²) in [5.74, 6) is -1.37. The molecule has 0 heterocycles. The van der Waals surface area contributed by atoms with Gasteiger partial charge < -0.3 is 14.4 Å². The van der Waals surface area contributed by atoms with Crippen LogP contribution in [0.1, 0.15) is 0 Å². The van der Waals surface area contributed by atoms with E-state index in [0.717, 1.165) is 12.1 Å². The third kappa shape index (κ3) is 2.62. The van der Waals surface area contributed by atoms with Gasteiger partial charge in [0.05, 0.1) is 0 Å². The SMILES string of the molecule is O[Si](O)(O)c1ccc(-c2ccc(F)cc2F)cc1. The molecule has 0 radical (unpaired) electrons. The fourth-order valence-corrected chi connectivity index (χ4v) is 2.21. The van der Waals surface area contributed by atoms with Crippen molar-refractivity contribution in [2.24, 2.45) is 0 Å². The second kappa shape index (κ2) is 4.58. The minimum atomic E-state index is -4.33. The molecule has 0 fully saturated rings. The molecule has 0 aliphatic heterocycles. The Bertz CT molecular complexity index is 565. The third-order valence-electron chi connectivity index (χ3n) is 2.51. The van der Waals surface area contributed by atoms with Crippen LogP contribution in [0.15, 0.2) is 42.5 Å². The topological polar surface area (TPSA) is 60.7 Å². The van der Waals surface area contributed by atoms with Gasteiger partial charge in [0.15, 0.2) is 0 Å². The van der Waals surface area contributed by atoms with Gasteiger partial charge in [-0.05, 0) is 17.7 Å². The number of benzene rings is 2. The standard InChI is InChI=1S/C12H10F2O3Si/c13-9-3-6-11(12(14)7-9)8-1-4-10(5-2-8)18(15,16)17/h1-7,15-17H. The van der Waals surface area contributed by atoms with E-state index in [1.807, 2.05) is 0 Å². The van der Waals surface area contributed by atoms with E-state index < -0.39 is 20.4 Å². The number of halogens is 2. The molecule has 0 aliphatic rings. The van der Waals surface area contributed by atoms with E-state index in [2.05, 4.69) is 0 Å². The van der Waals surface area contributed by atoms with Gasteiger partial charge in [-0.3, -0.25) is 0 Å². The molecule has 0 aromatic heterocycles. The van der Waals surface area contributed by atoms with Crippen molar-refractivity contribution in [2.45, 2.75) is 0 Å². The van der Waals surface area contributed by atoms with Crippen molar-refractivity contribution in [2.75, 3.05) is 0 Å². The van der Waals surface area contributed by atoms with Crippen molar-refractivity contribution in [1.29, 1.82) is 0 Å². The van der Waals surface area contributed by atoms with Crippen molar-refractivity contribution < 1.29 is 23.2 Å². The lowest BCUT2D eigenvalue weighted by Gasteiger charge is -2.10. The second-order valence-corrected chi connectivity index (χ2v) is 5.69. The van der Waals surface area contributed by atoms with E-state index in [4.69, 9.17) is 14.4 Å². The van der Waals surface area contributed by atoms with E-state index in [1.54, 1.807) is 0 Å². The van der Waals surface area contributed by atoms with Crippen LogP contribution in [-0.4, -0.2) is 23.2 Å². The van der Waals surface area contributed by atoms with Gasteiger partial charge in [-0.25, -0.2) is 8.78 Å². The van der Waals surface area contributed by atoms with Crippen LogP contribution >= 0.6 is 0 Å². The third-order valence-corrected chi connectivity index (χ3v) is 3.62. The summed E-state index contributed by atoms with van der Waals surface area (Å²) in [7, 11) is -4.33. The molecule has 0 bridgehead atoms. The van der Waals surface area contributed by atoms with E-state index in [9.17, 15) is 8.78 Å². The Labute approximate surface area is 103 Å². The molecule has 6 heteroatoms. The number of hydrogen-bond donors (Lipinski definition) is 3. The average molecular weight is 268 g/mol. The minimum Gasteiger partial charge on any atom is -0.386 e. The maximum Gasteiger partial charge on any atom is 0.528 e. The van der Waals surface area contributed by atoms with Gasteiger partial charge in [0.1, 0.15) is 11.6 Å². The first-order valence-corrected chi connectivity index (χ1v) is 6.95. The molecular weight excluding hydrogens is 258 g/mol. The van der Waals surface area contributed by atoms with Crippen molar-refractivity contribution >= 4 is 14.0 Å². The van der Waals surface area contributed by atoms with Crippen molar-refractivity contribution in [1.82, 2.24) is 0 Å². The molecule has 0 atom stereocenters. The molecule has 3 nitrogen and oxygen atoms in total. The molecule has 0 unspecified atom stereocenters. The van der Waals surface area contributed by atoms with Crippen LogP contribution in [0.3, 0.4) is 0 Å². The molecule has 0 saturated carbocycles. The molecule has 3 N–H and O–H groups in total. The average Bonchev–Trinajstić information content (AvgIpc) is 2.28. The molecule has 2 rings (SSSR count). The summed E-state index contributed by atoms with van der Waals surface area (Å²) in [6, 6.07) is 8.64. The Morgan fingerprint density at radius 1 is 0.833 bits per heavy atom. The van der Waals surface area contributed by atoms with E-state index in [1.165, 1.54) is 30.3 Å². The van der Waals surface area contributed by atoms with Crippen LogP contribution in [0, 0.1) is 11.6 Å². The van der Waals surface area contributed by atoms with Crippen LogP contribution in [0.25, 0.3) is 11.1 Å². The largest absolute Gasteiger partial charge is 0.528 e. The molecule has 18 heavy (non-hydrogen) atoms. The molecule has 0 aliphatic carbocycles. The van der Waals surface area contributed by atoms with Crippen LogP contribution < -0.4 is 5.19 Å². The highest BCUT2D eigenvalue weighted by molar-refractivity contribution is 6.71. The van der Waals surface area contributed by atoms with Crippen molar-refractivity contribution in [3.05, 3.63) is 54.1 Å². The summed E-state index contributed by atoms with van der Waals surface area (Å²) >= 11 is 0. The smallest absolute Gasteiger partial charge is 0.386 e. The first kappa shape index (κ1) is 12.8. The van der Waals surface area contributed by atoms with Crippen LogP contribution in [-0.2, 0) is 0 Å². The van der Waals surface area contributed by atoms with Gasteiger partial charge in [0.25, 0.3) is 0 Å². The van der Waals surface area contributed by atoms with E-state index in [0.29, 0.717) is 5.56 Å². The van der Waals surface area contributed by atoms with Gasteiger partial charge in [-0.2, -0.15) is 0 Å². The Balaban J connectivity index is 2.41. The fraction of sp³-hybridized carbons (Fsp3) is 0. The Kier molecular flexibility index (Phi) is 3.27. The predicted octanol–water partition coefficient (Wildman–Crippen LogP) is 0.755. The zero-order valence-electron chi connectivity index (χ0n) is 9.14. The maximum absolute atomic E-state index is 13.5. The van der Waals surface area contributed by atoms with Gasteiger partial charge >= 0.3 is 8.80 Å². The summed E-state index contributed by atoms with van der Waals surface area (Å²) in [6.45, 7) is 0. The van der Waals surface area contributed by atoms with Crippen LogP contribution in [0.5, 0.6) is 0 Å². The summed E-state index contributed by atoms with van der Waals surface area (Å²) in [5, 5.41) is -0.00577. The number of rotatable bonds is 2. The molecule has 2 aromatic carbocycles. The summed E-state index contributed by atoms with van der Waals surface area (Å²) in [6.07, 6.45) is 0. The van der Waals surface area contributed by atoms with E-state index >= 15 is 0 Å². The normalized spacial score (nSPS) is 11.6. The first-order valence-electron chi connectivity index (χ1n) is 5.11. The van der Waals surface area contributed by atoms with Crippen molar-refractivity contribution in [3.8, 4) is 11.1 Å². The highest BCUT2D eigenvalue weighted by atomic mass is 28.4. The Morgan fingerprint density at radius 3 is 1.94 bits per heavy atom. The minimum absolute atomic E-state index is 0.00577. The lowest BCUT2D eigenvalue weighted by atomic mass is 10.1. The molecular formula is C12H10F2O3Si.